The van der Waals surface area contributed by atoms with Gasteiger partial charge < -0.3 is 4.57 Å². The number of aromatic nitrogens is 2. The molecule has 4 aliphatic rings. The van der Waals surface area contributed by atoms with Crippen molar-refractivity contribution < 1.29 is 4.79 Å². The van der Waals surface area contributed by atoms with E-state index in [0.29, 0.717) is 17.1 Å². The summed E-state index contributed by atoms with van der Waals surface area (Å²) in [5.41, 5.74) is 0.471. The van der Waals surface area contributed by atoms with Gasteiger partial charge in [0, 0.05) is 24.9 Å². The molecule has 1 heterocycles. The molecule has 0 aromatic carbocycles. The molecule has 0 saturated heterocycles. The van der Waals surface area contributed by atoms with Crippen molar-refractivity contribution >= 4 is 17.5 Å². The number of carbonyl (C=O) groups is 1. The second-order valence-corrected chi connectivity index (χ2v) is 11.6. The van der Waals surface area contributed by atoms with Crippen LogP contribution < -0.4 is 0 Å². The molecular formula is C23H34N2OS. The van der Waals surface area contributed by atoms with E-state index in [-0.39, 0.29) is 10.7 Å². The molecule has 0 radical (unpaired) electrons. The van der Waals surface area contributed by atoms with Gasteiger partial charge in [-0.3, -0.25) is 4.79 Å². The summed E-state index contributed by atoms with van der Waals surface area (Å²) in [6.07, 6.45) is 15.9. The largest absolute Gasteiger partial charge is 0.329 e. The molecule has 3 nitrogen and oxygen atoms in total. The number of hydrogen-bond acceptors (Lipinski definition) is 3. The molecule has 0 amide bonds. The van der Waals surface area contributed by atoms with E-state index in [2.05, 4.69) is 23.4 Å². The van der Waals surface area contributed by atoms with Gasteiger partial charge in [-0.15, -0.1) is 0 Å². The molecular weight excluding hydrogens is 352 g/mol. The number of imidazole rings is 1. The fourth-order valence-corrected chi connectivity index (χ4v) is 9.04. The van der Waals surface area contributed by atoms with E-state index in [9.17, 15) is 4.79 Å². The molecule has 27 heavy (non-hydrogen) atoms. The molecule has 0 unspecified atom stereocenters. The SMILES string of the molecule is Cn1ccnc1S[C@H]1C[C@H]2[C@@H]3CC[C@@H]4CCCC[C@]4(C)[C@H]3CC[C@]2(C)C1=O. The lowest BCUT2D eigenvalue weighted by Gasteiger charge is -2.59. The zero-order valence-electron chi connectivity index (χ0n) is 17.1. The van der Waals surface area contributed by atoms with Gasteiger partial charge in [-0.1, -0.05) is 38.5 Å². The Bertz CT molecular complexity index is 744. The van der Waals surface area contributed by atoms with Crippen molar-refractivity contribution in [1.82, 2.24) is 9.55 Å². The van der Waals surface area contributed by atoms with Gasteiger partial charge in [0.15, 0.2) is 10.9 Å². The Kier molecular flexibility index (Phi) is 4.31. The zero-order chi connectivity index (χ0) is 18.8. The lowest BCUT2D eigenvalue weighted by atomic mass is 9.45. The van der Waals surface area contributed by atoms with Crippen LogP contribution in [-0.2, 0) is 11.8 Å². The molecule has 148 valence electrons. The van der Waals surface area contributed by atoms with Gasteiger partial charge in [-0.2, -0.15) is 0 Å². The normalized spacial score (nSPS) is 46.6. The topological polar surface area (TPSA) is 34.9 Å². The first-order valence-electron chi connectivity index (χ1n) is 11.1. The van der Waals surface area contributed by atoms with Crippen LogP contribution >= 0.6 is 11.8 Å². The molecule has 1 aromatic heterocycles. The molecule has 0 N–H and O–H groups in total. The van der Waals surface area contributed by atoms with Gasteiger partial charge in [-0.05, 0) is 74.0 Å². The van der Waals surface area contributed by atoms with E-state index in [1.165, 1.54) is 44.9 Å². The Morgan fingerprint density at radius 2 is 1.96 bits per heavy atom. The molecule has 1 aromatic rings. The molecule has 4 heteroatoms. The summed E-state index contributed by atoms with van der Waals surface area (Å²) in [4.78, 5) is 18.0. The van der Waals surface area contributed by atoms with Crippen LogP contribution in [0.25, 0.3) is 0 Å². The lowest BCUT2D eigenvalue weighted by Crippen LogP contribution is -2.52. The maximum absolute atomic E-state index is 13.5. The van der Waals surface area contributed by atoms with Gasteiger partial charge in [0.2, 0.25) is 0 Å². The summed E-state index contributed by atoms with van der Waals surface area (Å²) in [6, 6.07) is 0. The Hall–Kier alpha value is -0.770. The molecule has 7 atom stereocenters. The van der Waals surface area contributed by atoms with Crippen LogP contribution in [0.4, 0.5) is 0 Å². The summed E-state index contributed by atoms with van der Waals surface area (Å²) in [5, 5.41) is 1.10. The van der Waals surface area contributed by atoms with Crippen molar-refractivity contribution in [1.29, 1.82) is 0 Å². The highest BCUT2D eigenvalue weighted by Crippen LogP contribution is 2.66. The third-order valence-electron chi connectivity index (χ3n) is 9.32. The molecule has 0 bridgehead atoms. The minimum Gasteiger partial charge on any atom is -0.329 e. The predicted octanol–water partition coefficient (Wildman–Crippen LogP) is 5.49. The maximum atomic E-state index is 13.5. The van der Waals surface area contributed by atoms with Gasteiger partial charge in [0.05, 0.1) is 5.25 Å². The average Bonchev–Trinajstić information content (AvgIpc) is 3.17. The van der Waals surface area contributed by atoms with Crippen LogP contribution in [0.1, 0.15) is 71.6 Å². The molecule has 0 spiro atoms. The van der Waals surface area contributed by atoms with Crippen molar-refractivity contribution in [2.75, 3.05) is 0 Å². The summed E-state index contributed by atoms with van der Waals surface area (Å²) in [7, 11) is 2.03. The third kappa shape index (κ3) is 2.61. The van der Waals surface area contributed by atoms with E-state index >= 15 is 0 Å². The summed E-state index contributed by atoms with van der Waals surface area (Å²) in [6.45, 7) is 4.93. The smallest absolute Gasteiger partial charge is 0.168 e. The third-order valence-corrected chi connectivity index (χ3v) is 10.6. The van der Waals surface area contributed by atoms with Crippen LogP contribution in [-0.4, -0.2) is 20.6 Å². The van der Waals surface area contributed by atoms with E-state index in [0.717, 1.165) is 35.8 Å². The van der Waals surface area contributed by atoms with Crippen LogP contribution in [0, 0.1) is 34.5 Å². The number of nitrogens with zero attached hydrogens (tertiary/aromatic N) is 2. The van der Waals surface area contributed by atoms with Crippen LogP contribution in [0.15, 0.2) is 17.6 Å². The second kappa shape index (κ2) is 6.37. The summed E-state index contributed by atoms with van der Waals surface area (Å²) in [5.74, 6) is 3.71. The average molecular weight is 387 g/mol. The molecule has 4 fully saturated rings. The fraction of sp³-hybridized carbons (Fsp3) is 0.826. The second-order valence-electron chi connectivity index (χ2n) is 10.4. The molecule has 4 saturated carbocycles. The number of fused-ring (bicyclic) bond motifs is 5. The number of Topliss-reactive ketones (excluding diaryl/α,β-unsaturated/α-hetero) is 1. The van der Waals surface area contributed by atoms with Crippen molar-refractivity contribution in [3.8, 4) is 0 Å². The number of carbonyl (C=O) groups excluding carboxylic acids is 1. The Labute approximate surface area is 168 Å². The minimum atomic E-state index is -0.0815. The Balaban J connectivity index is 1.41. The quantitative estimate of drug-likeness (QED) is 0.674. The van der Waals surface area contributed by atoms with E-state index in [1.54, 1.807) is 11.8 Å². The van der Waals surface area contributed by atoms with Gasteiger partial charge in [-0.25, -0.2) is 4.98 Å². The van der Waals surface area contributed by atoms with Crippen molar-refractivity contribution in [3.63, 3.8) is 0 Å². The first-order chi connectivity index (χ1) is 12.9. The fourth-order valence-electron chi connectivity index (χ4n) is 7.76. The number of ketones is 1. The van der Waals surface area contributed by atoms with E-state index in [1.807, 2.05) is 19.4 Å². The van der Waals surface area contributed by atoms with Crippen molar-refractivity contribution in [2.45, 2.75) is 82.0 Å². The van der Waals surface area contributed by atoms with E-state index < -0.39 is 0 Å². The Morgan fingerprint density at radius 3 is 2.74 bits per heavy atom. The molecule has 5 rings (SSSR count). The molecule has 0 aliphatic heterocycles. The number of thioether (sulfide) groups is 1. The van der Waals surface area contributed by atoms with Crippen LogP contribution in [0.5, 0.6) is 0 Å². The zero-order valence-corrected chi connectivity index (χ0v) is 17.9. The molecule has 4 aliphatic carbocycles. The van der Waals surface area contributed by atoms with Crippen molar-refractivity contribution in [2.24, 2.45) is 41.5 Å². The van der Waals surface area contributed by atoms with Crippen molar-refractivity contribution in [3.05, 3.63) is 12.4 Å². The monoisotopic (exact) mass is 386 g/mol. The lowest BCUT2D eigenvalue weighted by molar-refractivity contribution is -0.138. The first kappa shape index (κ1) is 18.3. The van der Waals surface area contributed by atoms with Gasteiger partial charge in [0.25, 0.3) is 0 Å². The summed E-state index contributed by atoms with van der Waals surface area (Å²) < 4.78 is 2.05. The standard InChI is InChI=1S/C23H34N2OS/c1-22-10-5-4-6-15(22)7-8-16-17(22)9-11-23(2)18(16)14-19(20(23)26)27-21-24-12-13-25(21)3/h12-13,15-19H,4-11,14H2,1-3H3/t15-,16+,17-,18-,19-,22-,23-/m0/s1. The minimum absolute atomic E-state index is 0.0815. The highest BCUT2D eigenvalue weighted by atomic mass is 32.2. The van der Waals surface area contributed by atoms with Gasteiger partial charge in [0.1, 0.15) is 0 Å². The number of rotatable bonds is 2. The van der Waals surface area contributed by atoms with Gasteiger partial charge >= 0.3 is 0 Å². The summed E-state index contributed by atoms with van der Waals surface area (Å²) >= 11 is 1.72. The van der Waals surface area contributed by atoms with Crippen LogP contribution in [0.3, 0.4) is 0 Å². The predicted molar refractivity (Wildman–Crippen MR) is 110 cm³/mol. The van der Waals surface area contributed by atoms with Crippen LogP contribution in [0.2, 0.25) is 0 Å². The first-order valence-corrected chi connectivity index (χ1v) is 12.0. The van der Waals surface area contributed by atoms with E-state index in [4.69, 9.17) is 0 Å². The highest BCUT2D eigenvalue weighted by molar-refractivity contribution is 8.00. The Morgan fingerprint density at radius 1 is 1.11 bits per heavy atom. The highest BCUT2D eigenvalue weighted by Gasteiger charge is 2.62. The number of aryl methyl sites for hydroxylation is 1. The maximum Gasteiger partial charge on any atom is 0.168 e. The number of hydrogen-bond donors (Lipinski definition) is 0.